The van der Waals surface area contributed by atoms with Gasteiger partial charge in [-0.05, 0) is 36.5 Å². The van der Waals surface area contributed by atoms with E-state index in [1.54, 1.807) is 0 Å². The number of benzene rings is 1. The standard InChI is InChI=1S/C15H18N2.C4H4O4/c16-9-11-17-10-8-13-6-3-5-12-4-1-2-7-14(12)15(13)17;5-3(6)1-2-4(7)8/h1-2,4,7-8,10H,3,5-6,9,11,16H2;1-2H,(H,5,6)(H,7,8)/b;2-1+. The highest BCUT2D eigenvalue weighted by atomic mass is 16.4. The second-order valence-corrected chi connectivity index (χ2v) is 5.69. The summed E-state index contributed by atoms with van der Waals surface area (Å²) in [5, 5.41) is 15.6. The van der Waals surface area contributed by atoms with E-state index < -0.39 is 11.9 Å². The number of carboxylic acids is 2. The van der Waals surface area contributed by atoms with Crippen molar-refractivity contribution in [1.29, 1.82) is 0 Å². The first kappa shape index (κ1) is 18.5. The van der Waals surface area contributed by atoms with Gasteiger partial charge in [-0.15, -0.1) is 0 Å². The Morgan fingerprint density at radius 2 is 1.68 bits per heavy atom. The molecule has 1 aliphatic rings. The van der Waals surface area contributed by atoms with Crippen LogP contribution in [0.3, 0.4) is 0 Å². The molecular formula is C19H22N2O4. The molecule has 0 unspecified atom stereocenters. The van der Waals surface area contributed by atoms with E-state index in [-0.39, 0.29) is 0 Å². The van der Waals surface area contributed by atoms with Gasteiger partial charge in [-0.1, -0.05) is 24.3 Å². The molecule has 132 valence electrons. The van der Waals surface area contributed by atoms with Crippen LogP contribution in [0.1, 0.15) is 17.5 Å². The van der Waals surface area contributed by atoms with Crippen LogP contribution in [0, 0.1) is 0 Å². The number of aromatic nitrogens is 1. The van der Waals surface area contributed by atoms with Gasteiger partial charge in [0.25, 0.3) is 0 Å². The predicted molar refractivity (Wildman–Crippen MR) is 95.4 cm³/mol. The summed E-state index contributed by atoms with van der Waals surface area (Å²) in [6, 6.07) is 11.0. The molecule has 6 nitrogen and oxygen atoms in total. The largest absolute Gasteiger partial charge is 0.478 e. The lowest BCUT2D eigenvalue weighted by molar-refractivity contribution is -0.134. The first-order chi connectivity index (χ1) is 12.0. The minimum absolute atomic E-state index is 0.558. The number of carbonyl (C=O) groups is 2. The van der Waals surface area contributed by atoms with E-state index in [2.05, 4.69) is 41.1 Å². The smallest absolute Gasteiger partial charge is 0.328 e. The molecule has 25 heavy (non-hydrogen) atoms. The zero-order valence-electron chi connectivity index (χ0n) is 13.9. The summed E-state index contributed by atoms with van der Waals surface area (Å²) < 4.78 is 2.31. The van der Waals surface area contributed by atoms with Gasteiger partial charge in [0.15, 0.2) is 0 Å². The summed E-state index contributed by atoms with van der Waals surface area (Å²) in [5.41, 5.74) is 11.4. The summed E-state index contributed by atoms with van der Waals surface area (Å²) in [6.45, 7) is 1.60. The molecule has 0 saturated heterocycles. The lowest BCUT2D eigenvalue weighted by atomic mass is 10.0. The molecule has 0 atom stereocenters. The molecule has 0 spiro atoms. The van der Waals surface area contributed by atoms with Crippen LogP contribution >= 0.6 is 0 Å². The first-order valence-corrected chi connectivity index (χ1v) is 8.13. The average molecular weight is 342 g/mol. The van der Waals surface area contributed by atoms with Crippen LogP contribution in [-0.4, -0.2) is 33.3 Å². The topological polar surface area (TPSA) is 106 Å². The van der Waals surface area contributed by atoms with Gasteiger partial charge in [-0.2, -0.15) is 0 Å². The van der Waals surface area contributed by atoms with Crippen LogP contribution in [0.4, 0.5) is 0 Å². The molecule has 0 bridgehead atoms. The third kappa shape index (κ3) is 5.06. The van der Waals surface area contributed by atoms with Gasteiger partial charge >= 0.3 is 11.9 Å². The highest BCUT2D eigenvalue weighted by molar-refractivity contribution is 5.89. The molecule has 0 aliphatic heterocycles. The monoisotopic (exact) mass is 342 g/mol. The van der Waals surface area contributed by atoms with Crippen molar-refractivity contribution in [3.05, 3.63) is 59.8 Å². The van der Waals surface area contributed by atoms with Crippen molar-refractivity contribution in [2.45, 2.75) is 25.8 Å². The lowest BCUT2D eigenvalue weighted by Crippen LogP contribution is -2.10. The van der Waals surface area contributed by atoms with Gasteiger partial charge in [-0.25, -0.2) is 9.59 Å². The van der Waals surface area contributed by atoms with E-state index in [1.807, 2.05) is 0 Å². The molecule has 0 radical (unpaired) electrons. The third-order valence-electron chi connectivity index (χ3n) is 3.95. The quantitative estimate of drug-likeness (QED) is 0.740. The van der Waals surface area contributed by atoms with Gasteiger partial charge in [0.2, 0.25) is 0 Å². The van der Waals surface area contributed by atoms with Crippen molar-refractivity contribution >= 4 is 11.9 Å². The van der Waals surface area contributed by atoms with Gasteiger partial charge in [0, 0.05) is 37.0 Å². The van der Waals surface area contributed by atoms with E-state index >= 15 is 0 Å². The fourth-order valence-corrected chi connectivity index (χ4v) is 2.95. The second-order valence-electron chi connectivity index (χ2n) is 5.69. The summed E-state index contributed by atoms with van der Waals surface area (Å²) >= 11 is 0. The van der Waals surface area contributed by atoms with Crippen LogP contribution < -0.4 is 5.73 Å². The Balaban J connectivity index is 0.000000242. The molecule has 1 heterocycles. The minimum Gasteiger partial charge on any atom is -0.478 e. The molecule has 6 heteroatoms. The van der Waals surface area contributed by atoms with Gasteiger partial charge in [0.1, 0.15) is 0 Å². The van der Waals surface area contributed by atoms with Crippen molar-refractivity contribution in [1.82, 2.24) is 4.57 Å². The molecule has 1 aromatic carbocycles. The van der Waals surface area contributed by atoms with Crippen LogP contribution in [0.15, 0.2) is 48.7 Å². The number of carboxylic acid groups (broad SMARTS) is 2. The Morgan fingerprint density at radius 1 is 1.04 bits per heavy atom. The highest BCUT2D eigenvalue weighted by Gasteiger charge is 2.17. The number of fused-ring (bicyclic) bond motifs is 3. The maximum atomic E-state index is 9.55. The normalized spacial score (nSPS) is 12.5. The van der Waals surface area contributed by atoms with Crippen molar-refractivity contribution in [3.8, 4) is 11.3 Å². The second kappa shape index (κ2) is 8.84. The fourth-order valence-electron chi connectivity index (χ4n) is 2.95. The third-order valence-corrected chi connectivity index (χ3v) is 3.95. The SMILES string of the molecule is NCCn1ccc2c1-c1ccccc1CCC2.O=C(O)/C=C/C(=O)O. The first-order valence-electron chi connectivity index (χ1n) is 8.13. The van der Waals surface area contributed by atoms with E-state index in [0.29, 0.717) is 18.7 Å². The molecule has 3 rings (SSSR count). The average Bonchev–Trinajstić information content (AvgIpc) is 2.87. The predicted octanol–water partition coefficient (Wildman–Crippen LogP) is 2.31. The molecule has 0 saturated carbocycles. The van der Waals surface area contributed by atoms with Crippen LogP contribution in [0.5, 0.6) is 0 Å². The molecule has 0 fully saturated rings. The number of nitrogens with zero attached hydrogens (tertiary/aromatic N) is 1. The van der Waals surface area contributed by atoms with E-state index in [9.17, 15) is 9.59 Å². The van der Waals surface area contributed by atoms with Crippen molar-refractivity contribution in [2.75, 3.05) is 6.54 Å². The number of aliphatic carboxylic acids is 2. The Hall–Kier alpha value is -2.86. The van der Waals surface area contributed by atoms with E-state index in [1.165, 1.54) is 41.6 Å². The number of aryl methyl sites for hydroxylation is 2. The van der Waals surface area contributed by atoms with Gasteiger partial charge in [-0.3, -0.25) is 0 Å². The summed E-state index contributed by atoms with van der Waals surface area (Å²) in [4.78, 5) is 19.1. The summed E-state index contributed by atoms with van der Waals surface area (Å²) in [6.07, 6.45) is 6.91. The zero-order chi connectivity index (χ0) is 18.2. The number of hydrogen-bond acceptors (Lipinski definition) is 3. The number of hydrogen-bond donors (Lipinski definition) is 3. The lowest BCUT2D eigenvalue weighted by Gasteiger charge is -2.11. The maximum absolute atomic E-state index is 9.55. The van der Waals surface area contributed by atoms with Crippen molar-refractivity contribution < 1.29 is 19.8 Å². The Kier molecular flexibility index (Phi) is 6.54. The highest BCUT2D eigenvalue weighted by Crippen LogP contribution is 2.33. The molecule has 1 aliphatic carbocycles. The van der Waals surface area contributed by atoms with Gasteiger partial charge < -0.3 is 20.5 Å². The number of rotatable bonds is 4. The van der Waals surface area contributed by atoms with Crippen molar-refractivity contribution in [2.24, 2.45) is 5.73 Å². The van der Waals surface area contributed by atoms with Crippen molar-refractivity contribution in [3.63, 3.8) is 0 Å². The zero-order valence-corrected chi connectivity index (χ0v) is 13.9. The van der Waals surface area contributed by atoms with Gasteiger partial charge in [0.05, 0.1) is 5.69 Å². The maximum Gasteiger partial charge on any atom is 0.328 e. The molecule has 0 amide bonds. The van der Waals surface area contributed by atoms with Crippen LogP contribution in [0.25, 0.3) is 11.3 Å². The molecule has 1 aromatic heterocycles. The minimum atomic E-state index is -1.26. The molecular weight excluding hydrogens is 320 g/mol. The number of nitrogens with two attached hydrogens (primary N) is 1. The van der Waals surface area contributed by atoms with Crippen LogP contribution in [0.2, 0.25) is 0 Å². The van der Waals surface area contributed by atoms with Crippen LogP contribution in [-0.2, 0) is 29.0 Å². The fraction of sp³-hybridized carbons (Fsp3) is 0.263. The Morgan fingerprint density at radius 3 is 2.32 bits per heavy atom. The van der Waals surface area contributed by atoms with E-state index in [4.69, 9.17) is 15.9 Å². The Labute approximate surface area is 146 Å². The van der Waals surface area contributed by atoms with E-state index in [0.717, 1.165) is 6.54 Å². The summed E-state index contributed by atoms with van der Waals surface area (Å²) in [5.74, 6) is -2.51. The Bertz CT molecular complexity index is 761. The molecule has 4 N–H and O–H groups in total. The summed E-state index contributed by atoms with van der Waals surface area (Å²) in [7, 11) is 0. The molecule has 2 aromatic rings.